The minimum atomic E-state index is 0.530. The first-order chi connectivity index (χ1) is 11.7. The molecule has 1 fully saturated rings. The molecule has 2 N–H and O–H groups in total. The molecule has 0 aromatic carbocycles. The monoisotopic (exact) mass is 342 g/mol. The molecular formula is C18H22N4OS. The highest BCUT2D eigenvalue weighted by Crippen LogP contribution is 2.31. The summed E-state index contributed by atoms with van der Waals surface area (Å²) in [6.45, 7) is 5.27. The minimum absolute atomic E-state index is 0.530. The number of anilines is 1. The van der Waals surface area contributed by atoms with Gasteiger partial charge in [0.1, 0.15) is 16.4 Å². The Morgan fingerprint density at radius 1 is 1.17 bits per heavy atom. The first-order valence-corrected chi connectivity index (χ1v) is 9.36. The third kappa shape index (κ3) is 3.16. The second kappa shape index (κ2) is 6.53. The van der Waals surface area contributed by atoms with E-state index in [-0.39, 0.29) is 0 Å². The van der Waals surface area contributed by atoms with E-state index in [0.29, 0.717) is 17.4 Å². The van der Waals surface area contributed by atoms with Gasteiger partial charge in [0.05, 0.1) is 5.39 Å². The Bertz CT molecular complexity index is 846. The van der Waals surface area contributed by atoms with Crippen LogP contribution in [0.3, 0.4) is 0 Å². The Kier molecular flexibility index (Phi) is 4.24. The maximum absolute atomic E-state index is 6.17. The molecule has 1 saturated heterocycles. The van der Waals surface area contributed by atoms with Crippen molar-refractivity contribution in [3.63, 3.8) is 0 Å². The number of aryl methyl sites for hydroxylation is 1. The van der Waals surface area contributed by atoms with Crippen LogP contribution < -0.4 is 5.73 Å². The van der Waals surface area contributed by atoms with Crippen LogP contribution in [0.25, 0.3) is 21.8 Å². The molecule has 126 valence electrons. The molecule has 0 bridgehead atoms. The SMILES string of the molecule is Cc1ccc(-c2nc(N)c3cc(CN4CCCCCC4)sc3n2)o1. The predicted octanol–water partition coefficient (Wildman–Crippen LogP) is 4.22. The van der Waals surface area contributed by atoms with E-state index in [4.69, 9.17) is 10.2 Å². The summed E-state index contributed by atoms with van der Waals surface area (Å²) >= 11 is 1.71. The van der Waals surface area contributed by atoms with Gasteiger partial charge in [0.25, 0.3) is 0 Å². The molecule has 1 aliphatic heterocycles. The molecule has 24 heavy (non-hydrogen) atoms. The first kappa shape index (κ1) is 15.6. The van der Waals surface area contributed by atoms with Gasteiger partial charge in [-0.15, -0.1) is 11.3 Å². The van der Waals surface area contributed by atoms with Gasteiger partial charge in [0.15, 0.2) is 11.6 Å². The summed E-state index contributed by atoms with van der Waals surface area (Å²) in [6.07, 6.45) is 5.31. The molecule has 0 radical (unpaired) electrons. The van der Waals surface area contributed by atoms with E-state index in [1.807, 2.05) is 19.1 Å². The van der Waals surface area contributed by atoms with E-state index < -0.39 is 0 Å². The summed E-state index contributed by atoms with van der Waals surface area (Å²) in [5.74, 6) is 2.61. The van der Waals surface area contributed by atoms with Crippen LogP contribution in [0, 0.1) is 6.92 Å². The molecule has 0 spiro atoms. The molecule has 0 unspecified atom stereocenters. The standard InChI is InChI=1S/C18H22N4OS/c1-12-6-7-15(23-12)17-20-16(19)14-10-13(24-18(14)21-17)11-22-8-4-2-3-5-9-22/h6-7,10H,2-5,8-9,11H2,1H3,(H2,19,20,21). The van der Waals surface area contributed by atoms with Gasteiger partial charge in [-0.05, 0) is 51.1 Å². The summed E-state index contributed by atoms with van der Waals surface area (Å²) < 4.78 is 5.63. The van der Waals surface area contributed by atoms with Crippen molar-refractivity contribution in [2.45, 2.75) is 39.2 Å². The van der Waals surface area contributed by atoms with Crippen LogP contribution >= 0.6 is 11.3 Å². The highest BCUT2D eigenvalue weighted by molar-refractivity contribution is 7.18. The van der Waals surface area contributed by atoms with E-state index in [1.54, 1.807) is 11.3 Å². The van der Waals surface area contributed by atoms with Crippen LogP contribution in [0.1, 0.15) is 36.3 Å². The largest absolute Gasteiger partial charge is 0.458 e. The molecule has 5 nitrogen and oxygen atoms in total. The summed E-state index contributed by atoms with van der Waals surface area (Å²) in [6, 6.07) is 5.96. The number of nitrogens with two attached hydrogens (primary N) is 1. The topological polar surface area (TPSA) is 68.2 Å². The van der Waals surface area contributed by atoms with Crippen LogP contribution in [0.2, 0.25) is 0 Å². The van der Waals surface area contributed by atoms with Crippen LogP contribution in [0.15, 0.2) is 22.6 Å². The Morgan fingerprint density at radius 2 is 1.96 bits per heavy atom. The molecule has 3 aromatic rings. The van der Waals surface area contributed by atoms with E-state index >= 15 is 0 Å². The number of nitrogens with zero attached hydrogens (tertiary/aromatic N) is 3. The highest BCUT2D eigenvalue weighted by Gasteiger charge is 2.15. The van der Waals surface area contributed by atoms with Gasteiger partial charge in [0, 0.05) is 11.4 Å². The Balaban J connectivity index is 1.63. The zero-order valence-corrected chi connectivity index (χ0v) is 14.7. The lowest BCUT2D eigenvalue weighted by atomic mass is 10.2. The summed E-state index contributed by atoms with van der Waals surface area (Å²) in [5.41, 5.74) is 6.17. The van der Waals surface area contributed by atoms with Crippen molar-refractivity contribution in [2.24, 2.45) is 0 Å². The van der Waals surface area contributed by atoms with Crippen LogP contribution in [-0.4, -0.2) is 28.0 Å². The average Bonchev–Trinajstić information content (AvgIpc) is 3.07. The van der Waals surface area contributed by atoms with Crippen molar-refractivity contribution in [3.05, 3.63) is 28.8 Å². The first-order valence-electron chi connectivity index (χ1n) is 8.54. The molecule has 0 atom stereocenters. The number of fused-ring (bicyclic) bond motifs is 1. The lowest BCUT2D eigenvalue weighted by Crippen LogP contribution is -2.23. The average molecular weight is 342 g/mol. The van der Waals surface area contributed by atoms with Crippen molar-refractivity contribution in [1.29, 1.82) is 0 Å². The summed E-state index contributed by atoms with van der Waals surface area (Å²) in [4.78, 5) is 13.9. The molecule has 0 saturated carbocycles. The number of thiophene rings is 1. The highest BCUT2D eigenvalue weighted by atomic mass is 32.1. The zero-order chi connectivity index (χ0) is 16.5. The van der Waals surface area contributed by atoms with Crippen molar-refractivity contribution in [2.75, 3.05) is 18.8 Å². The molecule has 4 heterocycles. The van der Waals surface area contributed by atoms with E-state index in [1.165, 1.54) is 43.6 Å². The number of aromatic nitrogens is 2. The lowest BCUT2D eigenvalue weighted by molar-refractivity contribution is 0.279. The number of likely N-dealkylation sites (tertiary alicyclic amines) is 1. The summed E-state index contributed by atoms with van der Waals surface area (Å²) in [7, 11) is 0. The quantitative estimate of drug-likeness (QED) is 0.772. The molecule has 4 rings (SSSR count). The van der Waals surface area contributed by atoms with Gasteiger partial charge < -0.3 is 10.2 Å². The van der Waals surface area contributed by atoms with Crippen molar-refractivity contribution in [1.82, 2.24) is 14.9 Å². The minimum Gasteiger partial charge on any atom is -0.458 e. The molecule has 0 amide bonds. The number of hydrogen-bond acceptors (Lipinski definition) is 6. The van der Waals surface area contributed by atoms with Gasteiger partial charge in [-0.3, -0.25) is 4.90 Å². The van der Waals surface area contributed by atoms with Crippen molar-refractivity contribution >= 4 is 27.4 Å². The lowest BCUT2D eigenvalue weighted by Gasteiger charge is -2.18. The third-order valence-electron chi connectivity index (χ3n) is 4.51. The van der Waals surface area contributed by atoms with Crippen LogP contribution in [0.5, 0.6) is 0 Å². The van der Waals surface area contributed by atoms with Gasteiger partial charge in [-0.1, -0.05) is 12.8 Å². The Morgan fingerprint density at radius 3 is 2.67 bits per heavy atom. The van der Waals surface area contributed by atoms with E-state index in [0.717, 1.165) is 22.5 Å². The number of nitrogen functional groups attached to an aromatic ring is 1. The van der Waals surface area contributed by atoms with Gasteiger partial charge in [-0.2, -0.15) is 0 Å². The normalized spacial score (nSPS) is 16.5. The number of rotatable bonds is 3. The fraction of sp³-hybridized carbons (Fsp3) is 0.444. The maximum atomic E-state index is 6.17. The van der Waals surface area contributed by atoms with E-state index in [9.17, 15) is 0 Å². The van der Waals surface area contributed by atoms with E-state index in [2.05, 4.69) is 20.9 Å². The van der Waals surface area contributed by atoms with Gasteiger partial charge in [-0.25, -0.2) is 9.97 Å². The smallest absolute Gasteiger partial charge is 0.199 e. The van der Waals surface area contributed by atoms with Crippen molar-refractivity contribution < 1.29 is 4.42 Å². The zero-order valence-electron chi connectivity index (χ0n) is 13.9. The maximum Gasteiger partial charge on any atom is 0.199 e. The van der Waals surface area contributed by atoms with Crippen LogP contribution in [-0.2, 0) is 6.54 Å². The fourth-order valence-corrected chi connectivity index (χ4v) is 4.33. The molecule has 6 heteroatoms. The number of furan rings is 1. The Labute approximate surface area is 145 Å². The van der Waals surface area contributed by atoms with Gasteiger partial charge >= 0.3 is 0 Å². The molecular weight excluding hydrogens is 320 g/mol. The molecule has 1 aliphatic rings. The molecule has 3 aromatic heterocycles. The third-order valence-corrected chi connectivity index (χ3v) is 5.53. The van der Waals surface area contributed by atoms with Crippen molar-refractivity contribution in [3.8, 4) is 11.6 Å². The van der Waals surface area contributed by atoms with Crippen LogP contribution in [0.4, 0.5) is 5.82 Å². The second-order valence-electron chi connectivity index (χ2n) is 6.46. The Hall–Kier alpha value is -1.92. The summed E-state index contributed by atoms with van der Waals surface area (Å²) in [5, 5.41) is 0.955. The van der Waals surface area contributed by atoms with Gasteiger partial charge in [0.2, 0.25) is 0 Å². The second-order valence-corrected chi connectivity index (χ2v) is 7.58. The fourth-order valence-electron chi connectivity index (χ4n) is 3.25. The predicted molar refractivity (Wildman–Crippen MR) is 98.0 cm³/mol. The number of hydrogen-bond donors (Lipinski definition) is 1. The molecule has 0 aliphatic carbocycles.